The highest BCUT2D eigenvalue weighted by atomic mass is 16.2. The summed E-state index contributed by atoms with van der Waals surface area (Å²) in [6, 6.07) is -6.19. The van der Waals surface area contributed by atoms with Crippen molar-refractivity contribution in [3.8, 4) is 0 Å². The summed E-state index contributed by atoms with van der Waals surface area (Å²) in [7, 11) is 0. The van der Waals surface area contributed by atoms with Crippen LogP contribution in [0, 0.1) is 35.5 Å². The number of amides is 7. The first-order valence-corrected chi connectivity index (χ1v) is 32.1. The number of nitrogens with two attached hydrogens (primary N) is 5. The van der Waals surface area contributed by atoms with Crippen LogP contribution in [0.3, 0.4) is 0 Å². The molecule has 488 valence electrons. The summed E-state index contributed by atoms with van der Waals surface area (Å²) in [5, 5.41) is 16.9. The van der Waals surface area contributed by atoms with E-state index in [9.17, 15) is 47.9 Å². The van der Waals surface area contributed by atoms with Crippen molar-refractivity contribution in [2.24, 2.45) is 69.2 Å². The second kappa shape index (κ2) is 43.1. The highest BCUT2D eigenvalue weighted by Crippen LogP contribution is 2.26. The standard InChI is InChI=1S/C62H115N13O10/c1-11-13-14-15-16-17-18-19-20-21-22-23-24-31-53(80)73-55(42(8)12-2)59(84)74-54(40(5)6)58(83)72-47(29-26-33-69-62(66)67)60(85)75-34-27-30-48(75)51(78)38-46(39(3)4)57(82)71-44(10)50(77)36-45(37-52(63)79)56(81)70-43(9)49(76)35-41(7)28-25-32-68-61(64)65/h39-48,54-55,61,68H,11-38,64-65H2,1-10H3,(H2,63,79)(H,70,81)(H,71,82)(H,72,83)(H,73,80)(H,74,84)(H4,66,67,69)/t41-,42+,43+,44+,45+,46+,47+,48+,54+,55+/m1/s1. The smallest absolute Gasteiger partial charge is 0.245 e. The van der Waals surface area contributed by atoms with Crippen LogP contribution in [-0.4, -0.2) is 132 Å². The van der Waals surface area contributed by atoms with E-state index in [-0.39, 0.29) is 74.7 Å². The first kappa shape index (κ1) is 77.5. The predicted octanol–water partition coefficient (Wildman–Crippen LogP) is 4.53. The fourth-order valence-electron chi connectivity index (χ4n) is 10.7. The lowest BCUT2D eigenvalue weighted by Crippen LogP contribution is -2.59. The van der Waals surface area contributed by atoms with Gasteiger partial charge in [0.25, 0.3) is 0 Å². The molecule has 0 radical (unpaired) electrons. The number of hydrogen-bond acceptors (Lipinski definition) is 14. The van der Waals surface area contributed by atoms with E-state index >= 15 is 0 Å². The van der Waals surface area contributed by atoms with Crippen molar-refractivity contribution >= 4 is 64.7 Å². The van der Waals surface area contributed by atoms with E-state index in [4.69, 9.17) is 28.7 Å². The zero-order chi connectivity index (χ0) is 64.2. The molecule has 1 aliphatic rings. The maximum absolute atomic E-state index is 14.6. The Hall–Kier alpha value is -5.55. The average molecular weight is 1200 g/mol. The first-order chi connectivity index (χ1) is 40.1. The first-order valence-electron chi connectivity index (χ1n) is 32.1. The van der Waals surface area contributed by atoms with Crippen molar-refractivity contribution < 1.29 is 47.9 Å². The number of Topliss-reactive ketones (excluding diaryl/α,β-unsaturated/α-hetero) is 3. The number of carbonyl (C=O) groups is 10. The number of ketones is 3. The minimum Gasteiger partial charge on any atom is -0.370 e. The van der Waals surface area contributed by atoms with Gasteiger partial charge in [0.2, 0.25) is 41.4 Å². The van der Waals surface area contributed by atoms with Crippen LogP contribution in [-0.2, 0) is 47.9 Å². The van der Waals surface area contributed by atoms with Gasteiger partial charge in [-0.2, -0.15) is 0 Å². The summed E-state index contributed by atoms with van der Waals surface area (Å²) in [4.78, 5) is 142. The Bertz CT molecular complexity index is 2100. The largest absolute Gasteiger partial charge is 0.370 e. The van der Waals surface area contributed by atoms with Crippen LogP contribution in [0.5, 0.6) is 0 Å². The molecular formula is C62H115N13O10. The number of guanidine groups is 1. The highest BCUT2D eigenvalue weighted by Gasteiger charge is 2.41. The predicted molar refractivity (Wildman–Crippen MR) is 333 cm³/mol. The van der Waals surface area contributed by atoms with Crippen LogP contribution in [0.15, 0.2) is 4.99 Å². The molecule has 0 saturated carbocycles. The molecule has 23 nitrogen and oxygen atoms in total. The Balaban J connectivity index is 3.11. The molecule has 23 heteroatoms. The van der Waals surface area contributed by atoms with Gasteiger partial charge in [0.1, 0.15) is 24.4 Å². The van der Waals surface area contributed by atoms with Crippen molar-refractivity contribution in [2.45, 2.75) is 272 Å². The fraction of sp³-hybridized carbons (Fsp3) is 0.823. The fourth-order valence-corrected chi connectivity index (χ4v) is 10.7. The summed E-state index contributed by atoms with van der Waals surface area (Å²) in [5.41, 5.74) is 27.7. The lowest BCUT2D eigenvalue weighted by molar-refractivity contribution is -0.142. The molecule has 0 aromatic heterocycles. The number of hydrogen-bond donors (Lipinski definition) is 11. The minimum absolute atomic E-state index is 0.00280. The Kier molecular flexibility index (Phi) is 39.3. The third-order valence-electron chi connectivity index (χ3n) is 16.3. The number of likely N-dealkylation sites (tertiary alicyclic amines) is 1. The molecule has 0 aromatic carbocycles. The van der Waals surface area contributed by atoms with Gasteiger partial charge in [-0.05, 0) is 89.0 Å². The van der Waals surface area contributed by atoms with E-state index < -0.39 is 126 Å². The molecule has 0 aromatic rings. The van der Waals surface area contributed by atoms with Gasteiger partial charge in [0.15, 0.2) is 23.3 Å². The maximum Gasteiger partial charge on any atom is 0.245 e. The van der Waals surface area contributed by atoms with Crippen molar-refractivity contribution in [1.82, 2.24) is 36.8 Å². The molecule has 1 rings (SSSR count). The van der Waals surface area contributed by atoms with Gasteiger partial charge in [-0.1, -0.05) is 139 Å². The number of unbranched alkanes of at least 4 members (excludes halogenated alkanes) is 12. The van der Waals surface area contributed by atoms with Gasteiger partial charge < -0.3 is 60.2 Å². The monoisotopic (exact) mass is 1200 g/mol. The number of primary amides is 1. The SMILES string of the molecule is CCCCCCCCCCCCCCCC(=O)N[C@H](C(=O)N[C@H](C(=O)N[C@@H](CCCN=C(N)N)C(=O)N1CCC[C@H]1C(=O)C[C@H](C(=O)N[C@@H](C)C(=O)C[C@@H](CC(N)=O)C(=O)N[C@@H](C)C(=O)C[C@H](C)CCCNC(N)N)C(C)C)C(C)C)[C@@H](C)CC. The second-order valence-electron chi connectivity index (χ2n) is 24.8. The number of rotatable bonds is 48. The number of nitrogens with zero attached hydrogens (tertiary/aromatic N) is 2. The minimum atomic E-state index is -1.23. The highest BCUT2D eigenvalue weighted by molar-refractivity contribution is 5.99. The van der Waals surface area contributed by atoms with Gasteiger partial charge in [0.05, 0.1) is 24.0 Å². The van der Waals surface area contributed by atoms with Crippen LogP contribution < -0.4 is 60.6 Å². The Morgan fingerprint density at radius 2 is 1.12 bits per heavy atom. The van der Waals surface area contributed by atoms with Crippen molar-refractivity contribution in [3.63, 3.8) is 0 Å². The van der Waals surface area contributed by atoms with Crippen molar-refractivity contribution in [2.75, 3.05) is 19.6 Å². The van der Waals surface area contributed by atoms with Gasteiger partial charge in [-0.3, -0.25) is 58.3 Å². The molecule has 0 spiro atoms. The molecule has 1 heterocycles. The van der Waals surface area contributed by atoms with E-state index in [0.717, 1.165) is 25.7 Å². The summed E-state index contributed by atoms with van der Waals surface area (Å²) in [6.07, 6.45) is 17.0. The quantitative estimate of drug-likeness (QED) is 0.0173. The average Bonchev–Trinajstić information content (AvgIpc) is 3.78. The molecule has 10 atom stereocenters. The Labute approximate surface area is 508 Å². The van der Waals surface area contributed by atoms with Gasteiger partial charge >= 0.3 is 0 Å². The molecule has 16 N–H and O–H groups in total. The van der Waals surface area contributed by atoms with Crippen LogP contribution >= 0.6 is 0 Å². The zero-order valence-corrected chi connectivity index (χ0v) is 53.7. The molecule has 0 bridgehead atoms. The third kappa shape index (κ3) is 32.1. The summed E-state index contributed by atoms with van der Waals surface area (Å²) < 4.78 is 0. The summed E-state index contributed by atoms with van der Waals surface area (Å²) >= 11 is 0. The molecule has 0 unspecified atom stereocenters. The van der Waals surface area contributed by atoms with E-state index in [1.165, 1.54) is 76.5 Å². The van der Waals surface area contributed by atoms with Crippen LogP contribution in [0.25, 0.3) is 0 Å². The number of carbonyl (C=O) groups excluding carboxylic acids is 10. The normalized spacial score (nSPS) is 16.5. The molecule has 1 aliphatic heterocycles. The number of nitrogens with one attached hydrogen (secondary N) is 6. The maximum atomic E-state index is 14.6. The van der Waals surface area contributed by atoms with Crippen LogP contribution in [0.4, 0.5) is 0 Å². The third-order valence-corrected chi connectivity index (χ3v) is 16.3. The summed E-state index contributed by atoms with van der Waals surface area (Å²) in [6.45, 7) is 18.8. The number of aliphatic imine (C=N–C) groups is 1. The summed E-state index contributed by atoms with van der Waals surface area (Å²) in [5.74, 6) is -8.72. The molecule has 1 fully saturated rings. The molecule has 1 saturated heterocycles. The molecular weight excluding hydrogens is 1090 g/mol. The topological polar surface area (TPSA) is 389 Å². The molecule has 85 heavy (non-hydrogen) atoms. The second-order valence-corrected chi connectivity index (χ2v) is 24.8. The Morgan fingerprint density at radius 3 is 1.65 bits per heavy atom. The van der Waals surface area contributed by atoms with Crippen molar-refractivity contribution in [1.29, 1.82) is 0 Å². The van der Waals surface area contributed by atoms with Crippen LogP contribution in [0.2, 0.25) is 0 Å². The lowest BCUT2D eigenvalue weighted by atomic mass is 9.87. The van der Waals surface area contributed by atoms with Crippen molar-refractivity contribution in [3.05, 3.63) is 0 Å². The van der Waals surface area contributed by atoms with E-state index in [0.29, 0.717) is 38.6 Å². The molecule has 0 aliphatic carbocycles. The van der Waals surface area contributed by atoms with E-state index in [2.05, 4.69) is 43.8 Å². The zero-order valence-electron chi connectivity index (χ0n) is 53.7. The van der Waals surface area contributed by atoms with Gasteiger partial charge in [-0.25, -0.2) is 0 Å². The molecule has 7 amide bonds. The lowest BCUT2D eigenvalue weighted by Gasteiger charge is -2.32. The van der Waals surface area contributed by atoms with E-state index in [1.54, 1.807) is 27.7 Å². The van der Waals surface area contributed by atoms with Gasteiger partial charge in [-0.15, -0.1) is 0 Å². The van der Waals surface area contributed by atoms with Gasteiger partial charge in [0, 0.05) is 51.1 Å². The van der Waals surface area contributed by atoms with E-state index in [1.807, 2.05) is 20.8 Å². The van der Waals surface area contributed by atoms with Crippen LogP contribution in [0.1, 0.15) is 230 Å². The Morgan fingerprint density at radius 1 is 0.565 bits per heavy atom.